The molecule has 5 heteroatoms. The molecule has 365 valence electrons. The van der Waals surface area contributed by atoms with Crippen LogP contribution < -0.4 is 0 Å². The van der Waals surface area contributed by atoms with E-state index in [9.17, 15) is 0 Å². The van der Waals surface area contributed by atoms with Gasteiger partial charge in [-0.3, -0.25) is 9.55 Å². The third kappa shape index (κ3) is 11.1. The zero-order valence-electron chi connectivity index (χ0n) is 41.7. The molecule has 2 heterocycles. The maximum absolute atomic E-state index is 4.88. The Morgan fingerprint density at radius 3 is 1.06 bits per heavy atom. The van der Waals surface area contributed by atoms with Gasteiger partial charge in [-0.25, -0.2) is 4.98 Å². The van der Waals surface area contributed by atoms with E-state index < -0.39 is 0 Å². The molecule has 4 fully saturated rings. The van der Waals surface area contributed by atoms with E-state index in [4.69, 9.17) is 9.97 Å². The molecule has 4 aliphatic rings. The summed E-state index contributed by atoms with van der Waals surface area (Å²) in [7, 11) is 0. The minimum absolute atomic E-state index is 0. The van der Waals surface area contributed by atoms with Crippen LogP contribution in [-0.4, -0.2) is 19.1 Å². The molecule has 0 spiro atoms. The van der Waals surface area contributed by atoms with Crippen molar-refractivity contribution in [3.8, 4) is 56.4 Å². The Labute approximate surface area is 437 Å². The van der Waals surface area contributed by atoms with Gasteiger partial charge >= 0.3 is 0 Å². The predicted octanol–water partition coefficient (Wildman–Crippen LogP) is 18.4. The molecule has 4 saturated carbocycles. The van der Waals surface area contributed by atoms with Gasteiger partial charge in [0.15, 0.2) is 0 Å². The van der Waals surface area contributed by atoms with E-state index in [1.165, 1.54) is 179 Å². The van der Waals surface area contributed by atoms with Crippen LogP contribution in [0.1, 0.15) is 174 Å². The first-order valence-corrected chi connectivity index (χ1v) is 27.3. The molecule has 0 aliphatic heterocycles. The maximum atomic E-state index is 4.88. The summed E-state index contributed by atoms with van der Waals surface area (Å²) in [5, 5.41) is 0. The number of hydrogen-bond donors (Lipinski definition) is 0. The topological polar surface area (TPSA) is 35.6 Å². The van der Waals surface area contributed by atoms with Crippen LogP contribution in [-0.2, 0) is 20.1 Å². The van der Waals surface area contributed by atoms with Gasteiger partial charge in [0.2, 0.25) is 0 Å². The Balaban J connectivity index is 0.000000162. The van der Waals surface area contributed by atoms with Gasteiger partial charge in [0.05, 0.1) is 11.5 Å². The maximum Gasteiger partial charge on any atom is 0.144 e. The van der Waals surface area contributed by atoms with Crippen molar-refractivity contribution in [2.75, 3.05) is 0 Å². The summed E-state index contributed by atoms with van der Waals surface area (Å²) in [4.78, 5) is 9.73. The van der Waals surface area contributed by atoms with Crippen LogP contribution >= 0.6 is 0 Å². The Bertz CT molecular complexity index is 2620. The number of nitrogens with zero attached hydrogens (tertiary/aromatic N) is 4. The molecule has 1 radical (unpaired) electrons. The SMILES string of the molecule is [Ir].[c-]1ccccc1-c1nccn1-c1c(C2CCCCC2)cc(-c2ccccc2)cc1C1CCCCC1.c1ccc(-c2cc(C3CCCCC3)c(-n3ccnc3-c3ccccc3)c(C3CCCCC3)c2)cc1. The van der Waals surface area contributed by atoms with Gasteiger partial charge < -0.3 is 4.57 Å². The van der Waals surface area contributed by atoms with Crippen molar-refractivity contribution in [2.24, 2.45) is 0 Å². The first-order chi connectivity index (χ1) is 34.8. The van der Waals surface area contributed by atoms with E-state index in [-0.39, 0.29) is 20.1 Å². The first-order valence-electron chi connectivity index (χ1n) is 27.3. The summed E-state index contributed by atoms with van der Waals surface area (Å²) in [6.07, 6.45) is 34.9. The number of imidazole rings is 2. The molecule has 6 aromatic carbocycles. The minimum Gasteiger partial charge on any atom is -0.340 e. The first kappa shape index (κ1) is 49.0. The summed E-state index contributed by atoms with van der Waals surface area (Å²) in [6.45, 7) is 0. The molecule has 0 atom stereocenters. The van der Waals surface area contributed by atoms with Gasteiger partial charge in [0, 0.05) is 56.1 Å². The molecule has 8 aromatic rings. The normalized spacial score (nSPS) is 17.2. The number of hydrogen-bond acceptors (Lipinski definition) is 2. The predicted molar refractivity (Wildman–Crippen MR) is 291 cm³/mol. The van der Waals surface area contributed by atoms with E-state index in [0.29, 0.717) is 23.7 Å². The molecule has 0 N–H and O–H groups in total. The van der Waals surface area contributed by atoms with Crippen molar-refractivity contribution in [3.63, 3.8) is 0 Å². The molecule has 71 heavy (non-hydrogen) atoms. The second-order valence-corrected chi connectivity index (χ2v) is 21.0. The van der Waals surface area contributed by atoms with Gasteiger partial charge in [-0.05, 0) is 144 Å². The summed E-state index contributed by atoms with van der Waals surface area (Å²) in [5.74, 6) is 4.53. The van der Waals surface area contributed by atoms with Crippen LogP contribution in [0.2, 0.25) is 0 Å². The van der Waals surface area contributed by atoms with Gasteiger partial charge in [0.25, 0.3) is 0 Å². The Hall–Kier alpha value is -5.61. The van der Waals surface area contributed by atoms with E-state index in [0.717, 1.165) is 17.2 Å². The van der Waals surface area contributed by atoms with Crippen molar-refractivity contribution in [1.82, 2.24) is 19.1 Å². The van der Waals surface area contributed by atoms with Crippen molar-refractivity contribution < 1.29 is 20.1 Å². The second kappa shape index (κ2) is 23.7. The molecule has 4 nitrogen and oxygen atoms in total. The second-order valence-electron chi connectivity index (χ2n) is 21.0. The minimum atomic E-state index is 0. The molecule has 12 rings (SSSR count). The van der Waals surface area contributed by atoms with E-state index in [1.807, 2.05) is 24.5 Å². The summed E-state index contributed by atoms with van der Waals surface area (Å²) >= 11 is 0. The zero-order valence-corrected chi connectivity index (χ0v) is 44.1. The van der Waals surface area contributed by atoms with Crippen LogP contribution in [0.5, 0.6) is 0 Å². The van der Waals surface area contributed by atoms with Crippen molar-refractivity contribution >= 4 is 0 Å². The molecule has 0 unspecified atom stereocenters. The van der Waals surface area contributed by atoms with Crippen LogP contribution in [0.15, 0.2) is 164 Å². The molecular formula is C66H71IrN4-. The fraction of sp³-hybridized carbons (Fsp3) is 0.364. The Morgan fingerprint density at radius 2 is 0.690 bits per heavy atom. The van der Waals surface area contributed by atoms with Crippen molar-refractivity contribution in [3.05, 3.63) is 193 Å². The van der Waals surface area contributed by atoms with E-state index in [2.05, 4.69) is 155 Å². The number of benzene rings is 6. The quantitative estimate of drug-likeness (QED) is 0.128. The fourth-order valence-electron chi connectivity index (χ4n) is 12.9. The molecule has 0 amide bonds. The van der Waals surface area contributed by atoms with Crippen LogP contribution in [0.3, 0.4) is 0 Å². The molecular weight excluding hydrogens is 1040 g/mol. The average molecular weight is 1110 g/mol. The smallest absolute Gasteiger partial charge is 0.144 e. The standard InChI is InChI=1S/C33H36N2.C33H35N2.Ir/c2*1-5-13-25(14-6-1)29-23-30(26-15-7-2-8-16-26)32(31(24-29)27-17-9-3-10-18-27)35-22-21-34-33(35)28-19-11-4-12-20-28;/h1,4-6,11-14,19-24,26-27H,2-3,7-10,15-18H2;1,4-6,11-14,19,21-24,26-27H,2-3,7-10,15-18H2;/q;-1;. The molecule has 2 aromatic heterocycles. The summed E-state index contributed by atoms with van der Waals surface area (Å²) < 4.78 is 4.83. The zero-order chi connectivity index (χ0) is 46.9. The summed E-state index contributed by atoms with van der Waals surface area (Å²) in [6, 6.07) is 54.5. The van der Waals surface area contributed by atoms with Crippen LogP contribution in [0.25, 0.3) is 56.4 Å². The molecule has 4 aliphatic carbocycles. The fourth-order valence-corrected chi connectivity index (χ4v) is 12.9. The number of rotatable bonds is 10. The Kier molecular flexibility index (Phi) is 16.4. The Morgan fingerprint density at radius 1 is 0.352 bits per heavy atom. The summed E-state index contributed by atoms with van der Waals surface area (Å²) in [5.41, 5.74) is 16.7. The largest absolute Gasteiger partial charge is 0.340 e. The van der Waals surface area contributed by atoms with Crippen LogP contribution in [0, 0.1) is 6.07 Å². The third-order valence-electron chi connectivity index (χ3n) is 16.5. The van der Waals surface area contributed by atoms with Crippen molar-refractivity contribution in [1.29, 1.82) is 0 Å². The van der Waals surface area contributed by atoms with Gasteiger partial charge in [-0.2, -0.15) is 0 Å². The van der Waals surface area contributed by atoms with Crippen molar-refractivity contribution in [2.45, 2.75) is 152 Å². The average Bonchev–Trinajstić information content (AvgIpc) is 4.16. The van der Waals surface area contributed by atoms with E-state index in [1.54, 1.807) is 11.1 Å². The van der Waals surface area contributed by atoms with Crippen LogP contribution in [0.4, 0.5) is 0 Å². The monoisotopic (exact) mass is 1110 g/mol. The van der Waals surface area contributed by atoms with Gasteiger partial charge in [0.1, 0.15) is 5.82 Å². The third-order valence-corrected chi connectivity index (χ3v) is 16.5. The molecule has 0 bridgehead atoms. The van der Waals surface area contributed by atoms with Gasteiger partial charge in [-0.15, -0.1) is 35.9 Å². The van der Waals surface area contributed by atoms with Gasteiger partial charge in [-0.1, -0.05) is 168 Å². The molecule has 0 saturated heterocycles. The van der Waals surface area contributed by atoms with E-state index >= 15 is 0 Å². The number of aromatic nitrogens is 4.